The second-order valence-corrected chi connectivity index (χ2v) is 5.58. The van der Waals surface area contributed by atoms with E-state index in [0.717, 1.165) is 29.7 Å². The van der Waals surface area contributed by atoms with Gasteiger partial charge in [0.2, 0.25) is 0 Å². The Morgan fingerprint density at radius 3 is 2.56 bits per heavy atom. The lowest BCUT2D eigenvalue weighted by Crippen LogP contribution is -2.38. The smallest absolute Gasteiger partial charge is 0.122 e. The summed E-state index contributed by atoms with van der Waals surface area (Å²) in [7, 11) is 1.67. The lowest BCUT2D eigenvalue weighted by molar-refractivity contribution is -0.115. The first-order valence-corrected chi connectivity index (χ1v) is 6.64. The molecule has 2 aliphatic rings. The minimum Gasteiger partial charge on any atom is -0.496 e. The molecule has 3 heteroatoms. The lowest BCUT2D eigenvalue weighted by Gasteiger charge is -2.37. The van der Waals surface area contributed by atoms with Crippen LogP contribution in [0.5, 0.6) is 5.75 Å². The number of ether oxygens (including phenoxy) is 2. The molecule has 18 heavy (non-hydrogen) atoms. The van der Waals surface area contributed by atoms with E-state index in [1.807, 2.05) is 25.1 Å². The normalized spacial score (nSPS) is 34.6. The van der Waals surface area contributed by atoms with Crippen LogP contribution in [0.4, 0.5) is 0 Å². The molecule has 2 heterocycles. The van der Waals surface area contributed by atoms with Crippen LogP contribution in [0.15, 0.2) is 18.2 Å². The third-order valence-electron chi connectivity index (χ3n) is 4.27. The van der Waals surface area contributed by atoms with Gasteiger partial charge in [0, 0.05) is 12.8 Å². The number of methoxy groups -OCH3 is 1. The molecule has 0 radical (unpaired) electrons. The predicted octanol–water partition coefficient (Wildman–Crippen LogP) is 2.53. The van der Waals surface area contributed by atoms with Crippen LogP contribution < -0.4 is 4.74 Å². The van der Waals surface area contributed by atoms with Crippen LogP contribution in [-0.2, 0) is 10.3 Å². The molecule has 3 nitrogen and oxygen atoms in total. The number of aryl methyl sites for hydroxylation is 1. The first-order valence-electron chi connectivity index (χ1n) is 6.64. The van der Waals surface area contributed by atoms with Crippen LogP contribution >= 0.6 is 0 Å². The minimum atomic E-state index is -0.745. The molecule has 1 aromatic carbocycles. The Balaban J connectivity index is 1.93. The summed E-state index contributed by atoms with van der Waals surface area (Å²) in [6.07, 6.45) is 4.01. The van der Waals surface area contributed by atoms with Crippen molar-refractivity contribution < 1.29 is 14.6 Å². The minimum absolute atomic E-state index is 0.223. The zero-order chi connectivity index (χ0) is 12.8. The van der Waals surface area contributed by atoms with Crippen molar-refractivity contribution in [2.45, 2.75) is 50.4 Å². The molecule has 2 fully saturated rings. The van der Waals surface area contributed by atoms with Gasteiger partial charge in [-0.3, -0.25) is 0 Å². The van der Waals surface area contributed by atoms with Gasteiger partial charge in [-0.2, -0.15) is 0 Å². The molecule has 2 aliphatic heterocycles. The Kier molecular flexibility index (Phi) is 2.83. The summed E-state index contributed by atoms with van der Waals surface area (Å²) < 4.78 is 11.2. The second kappa shape index (κ2) is 4.25. The van der Waals surface area contributed by atoms with Crippen molar-refractivity contribution in [1.82, 2.24) is 0 Å². The van der Waals surface area contributed by atoms with Gasteiger partial charge in [-0.25, -0.2) is 0 Å². The standard InChI is InChI=1S/C15H20O3/c1-10-3-4-11(7-14(10)17-2)15(16)8-12-5-6-13(9-15)18-12/h3-4,7,12-13,16H,5-6,8-9H2,1-2H3. The summed E-state index contributed by atoms with van der Waals surface area (Å²) in [5, 5.41) is 10.9. The molecule has 0 saturated carbocycles. The van der Waals surface area contributed by atoms with E-state index in [1.165, 1.54) is 0 Å². The lowest BCUT2D eigenvalue weighted by atomic mass is 9.83. The Hall–Kier alpha value is -1.06. The van der Waals surface area contributed by atoms with Gasteiger partial charge in [-0.1, -0.05) is 12.1 Å². The molecule has 0 aliphatic carbocycles. The molecule has 98 valence electrons. The fraction of sp³-hybridized carbons (Fsp3) is 0.600. The van der Waals surface area contributed by atoms with E-state index in [2.05, 4.69) is 0 Å². The van der Waals surface area contributed by atoms with Crippen molar-refractivity contribution in [2.75, 3.05) is 7.11 Å². The molecule has 0 amide bonds. The van der Waals surface area contributed by atoms with Crippen molar-refractivity contribution in [3.8, 4) is 5.75 Å². The highest BCUT2D eigenvalue weighted by Crippen LogP contribution is 2.44. The number of hydrogen-bond donors (Lipinski definition) is 1. The molecule has 0 aromatic heterocycles. The van der Waals surface area contributed by atoms with Crippen LogP contribution in [0.1, 0.15) is 36.8 Å². The van der Waals surface area contributed by atoms with Crippen LogP contribution in [-0.4, -0.2) is 24.4 Å². The van der Waals surface area contributed by atoms with E-state index in [0.29, 0.717) is 12.8 Å². The van der Waals surface area contributed by atoms with Crippen LogP contribution in [0.2, 0.25) is 0 Å². The average Bonchev–Trinajstić information content (AvgIpc) is 2.69. The van der Waals surface area contributed by atoms with Crippen molar-refractivity contribution in [3.63, 3.8) is 0 Å². The van der Waals surface area contributed by atoms with Gasteiger partial charge in [0.05, 0.1) is 24.9 Å². The van der Waals surface area contributed by atoms with E-state index in [9.17, 15) is 5.11 Å². The Morgan fingerprint density at radius 2 is 1.94 bits per heavy atom. The summed E-state index contributed by atoms with van der Waals surface area (Å²) in [6.45, 7) is 2.01. The Bertz CT molecular complexity index is 443. The van der Waals surface area contributed by atoms with Crippen LogP contribution in [0, 0.1) is 6.92 Å². The van der Waals surface area contributed by atoms with E-state index < -0.39 is 5.60 Å². The molecule has 0 spiro atoms. The van der Waals surface area contributed by atoms with Crippen molar-refractivity contribution in [3.05, 3.63) is 29.3 Å². The van der Waals surface area contributed by atoms with E-state index >= 15 is 0 Å². The largest absolute Gasteiger partial charge is 0.496 e. The number of benzene rings is 1. The van der Waals surface area contributed by atoms with Gasteiger partial charge in [0.1, 0.15) is 5.75 Å². The molecule has 2 atom stereocenters. The SMILES string of the molecule is COc1cc(C2(O)CC3CCC(C2)O3)ccc1C. The maximum atomic E-state index is 10.9. The number of fused-ring (bicyclic) bond motifs is 2. The summed E-state index contributed by atoms with van der Waals surface area (Å²) in [4.78, 5) is 0. The zero-order valence-electron chi connectivity index (χ0n) is 11.0. The van der Waals surface area contributed by atoms with E-state index in [-0.39, 0.29) is 12.2 Å². The van der Waals surface area contributed by atoms with Crippen LogP contribution in [0.3, 0.4) is 0 Å². The summed E-state index contributed by atoms with van der Waals surface area (Å²) in [5.41, 5.74) is 1.32. The van der Waals surface area contributed by atoms with Gasteiger partial charge in [0.25, 0.3) is 0 Å². The van der Waals surface area contributed by atoms with Gasteiger partial charge < -0.3 is 14.6 Å². The Labute approximate surface area is 108 Å². The molecular weight excluding hydrogens is 228 g/mol. The monoisotopic (exact) mass is 248 g/mol. The third kappa shape index (κ3) is 1.91. The fourth-order valence-corrected chi connectivity index (χ4v) is 3.26. The van der Waals surface area contributed by atoms with Crippen molar-refractivity contribution >= 4 is 0 Å². The molecule has 1 aromatic rings. The topological polar surface area (TPSA) is 38.7 Å². The fourth-order valence-electron chi connectivity index (χ4n) is 3.26. The summed E-state index contributed by atoms with van der Waals surface area (Å²) in [6, 6.07) is 6.01. The van der Waals surface area contributed by atoms with Crippen molar-refractivity contribution in [1.29, 1.82) is 0 Å². The van der Waals surface area contributed by atoms with Crippen LogP contribution in [0.25, 0.3) is 0 Å². The highest BCUT2D eigenvalue weighted by Gasteiger charge is 2.44. The first-order chi connectivity index (χ1) is 8.60. The average molecular weight is 248 g/mol. The van der Waals surface area contributed by atoms with Gasteiger partial charge in [0.15, 0.2) is 0 Å². The molecule has 2 unspecified atom stereocenters. The summed E-state index contributed by atoms with van der Waals surface area (Å²) >= 11 is 0. The third-order valence-corrected chi connectivity index (χ3v) is 4.27. The maximum absolute atomic E-state index is 10.9. The highest BCUT2D eigenvalue weighted by atomic mass is 16.5. The van der Waals surface area contributed by atoms with Gasteiger partial charge in [-0.05, 0) is 37.0 Å². The predicted molar refractivity (Wildman–Crippen MR) is 68.8 cm³/mol. The number of rotatable bonds is 2. The van der Waals surface area contributed by atoms with E-state index in [1.54, 1.807) is 7.11 Å². The number of hydrogen-bond acceptors (Lipinski definition) is 3. The summed E-state index contributed by atoms with van der Waals surface area (Å²) in [5.74, 6) is 0.847. The van der Waals surface area contributed by atoms with Gasteiger partial charge in [-0.15, -0.1) is 0 Å². The molecule has 2 saturated heterocycles. The zero-order valence-corrected chi connectivity index (χ0v) is 11.0. The van der Waals surface area contributed by atoms with Gasteiger partial charge >= 0.3 is 0 Å². The molecule has 2 bridgehead atoms. The second-order valence-electron chi connectivity index (χ2n) is 5.58. The Morgan fingerprint density at radius 1 is 1.28 bits per heavy atom. The quantitative estimate of drug-likeness (QED) is 0.874. The highest BCUT2D eigenvalue weighted by molar-refractivity contribution is 5.39. The van der Waals surface area contributed by atoms with Crippen molar-refractivity contribution in [2.24, 2.45) is 0 Å². The first kappa shape index (κ1) is 12.0. The number of aliphatic hydroxyl groups is 1. The molecule has 1 N–H and O–H groups in total. The van der Waals surface area contributed by atoms with E-state index in [4.69, 9.17) is 9.47 Å². The molecular formula is C15H20O3. The maximum Gasteiger partial charge on any atom is 0.122 e. The molecule has 3 rings (SSSR count).